The lowest BCUT2D eigenvalue weighted by molar-refractivity contribution is 0.0294. The number of likely N-dealkylation sites (tertiary alicyclic amines) is 1. The highest BCUT2D eigenvalue weighted by atomic mass is 16.5. The lowest BCUT2D eigenvalue weighted by atomic mass is 9.98. The third-order valence-electron chi connectivity index (χ3n) is 4.07. The number of ether oxygens (including phenoxy) is 1. The van der Waals surface area contributed by atoms with Crippen LogP contribution in [0.5, 0.6) is 0 Å². The Hall–Kier alpha value is -0.630. The molecule has 0 aromatic rings. The van der Waals surface area contributed by atoms with Gasteiger partial charge in [0.1, 0.15) is 5.54 Å². The zero-order chi connectivity index (χ0) is 13.0. The van der Waals surface area contributed by atoms with Crippen molar-refractivity contribution < 1.29 is 4.74 Å². The maximum Gasteiger partial charge on any atom is 0.105 e. The number of nitrogens with one attached hydrogen (secondary N) is 1. The molecule has 102 valence electrons. The van der Waals surface area contributed by atoms with Gasteiger partial charge in [-0.05, 0) is 45.6 Å². The van der Waals surface area contributed by atoms with Gasteiger partial charge in [-0.1, -0.05) is 0 Å². The Bertz CT molecular complexity index is 311. The maximum absolute atomic E-state index is 9.33. The van der Waals surface area contributed by atoms with Crippen LogP contribution in [0.4, 0.5) is 0 Å². The monoisotopic (exact) mass is 251 g/mol. The van der Waals surface area contributed by atoms with Gasteiger partial charge in [0.25, 0.3) is 0 Å². The van der Waals surface area contributed by atoms with E-state index in [4.69, 9.17) is 4.74 Å². The second-order valence-electron chi connectivity index (χ2n) is 5.91. The van der Waals surface area contributed by atoms with Crippen LogP contribution in [0.2, 0.25) is 0 Å². The SMILES string of the molecule is COC1CCCN(CCC(C)(C#N)NC2CC2)C1. The quantitative estimate of drug-likeness (QED) is 0.777. The molecule has 1 heterocycles. The maximum atomic E-state index is 9.33. The first-order valence-electron chi connectivity index (χ1n) is 7.09. The molecule has 2 fully saturated rings. The summed E-state index contributed by atoms with van der Waals surface area (Å²) in [6.07, 6.45) is 6.11. The fourth-order valence-corrected chi connectivity index (χ4v) is 2.63. The molecule has 1 aliphatic heterocycles. The van der Waals surface area contributed by atoms with Gasteiger partial charge in [-0.3, -0.25) is 5.32 Å². The topological polar surface area (TPSA) is 48.3 Å². The van der Waals surface area contributed by atoms with Crippen LogP contribution in [0.15, 0.2) is 0 Å². The van der Waals surface area contributed by atoms with Gasteiger partial charge in [-0.15, -0.1) is 0 Å². The summed E-state index contributed by atoms with van der Waals surface area (Å²) in [5, 5.41) is 12.8. The molecule has 0 spiro atoms. The van der Waals surface area contributed by atoms with Crippen molar-refractivity contribution in [2.24, 2.45) is 0 Å². The Kier molecular flexibility index (Phi) is 4.60. The average Bonchev–Trinajstić information content (AvgIpc) is 3.20. The fourth-order valence-electron chi connectivity index (χ4n) is 2.63. The number of methoxy groups -OCH3 is 1. The number of rotatable bonds is 6. The van der Waals surface area contributed by atoms with Crippen molar-refractivity contribution in [3.05, 3.63) is 0 Å². The number of piperidine rings is 1. The van der Waals surface area contributed by atoms with Gasteiger partial charge in [0.15, 0.2) is 0 Å². The summed E-state index contributed by atoms with van der Waals surface area (Å²) >= 11 is 0. The van der Waals surface area contributed by atoms with E-state index >= 15 is 0 Å². The molecular formula is C14H25N3O. The number of nitrogens with zero attached hydrogens (tertiary/aromatic N) is 2. The predicted molar refractivity (Wildman–Crippen MR) is 71.3 cm³/mol. The van der Waals surface area contributed by atoms with E-state index in [0.717, 1.165) is 26.1 Å². The Morgan fingerprint density at radius 3 is 2.83 bits per heavy atom. The van der Waals surface area contributed by atoms with Crippen molar-refractivity contribution in [3.63, 3.8) is 0 Å². The molecule has 18 heavy (non-hydrogen) atoms. The highest BCUT2D eigenvalue weighted by Crippen LogP contribution is 2.24. The molecule has 1 saturated heterocycles. The van der Waals surface area contributed by atoms with Crippen LogP contribution in [0.25, 0.3) is 0 Å². The van der Waals surface area contributed by atoms with Gasteiger partial charge in [0.05, 0.1) is 12.2 Å². The molecule has 4 heteroatoms. The Morgan fingerprint density at radius 1 is 1.44 bits per heavy atom. The molecule has 4 nitrogen and oxygen atoms in total. The van der Waals surface area contributed by atoms with Gasteiger partial charge in [-0.2, -0.15) is 5.26 Å². The first-order chi connectivity index (χ1) is 8.65. The van der Waals surface area contributed by atoms with Gasteiger partial charge in [0.2, 0.25) is 0 Å². The van der Waals surface area contributed by atoms with Gasteiger partial charge >= 0.3 is 0 Å². The van der Waals surface area contributed by atoms with Crippen molar-refractivity contribution in [3.8, 4) is 6.07 Å². The lowest BCUT2D eigenvalue weighted by Gasteiger charge is -2.34. The molecule has 1 N–H and O–H groups in total. The summed E-state index contributed by atoms with van der Waals surface area (Å²) in [5.74, 6) is 0. The molecule has 0 amide bonds. The number of nitriles is 1. The highest BCUT2D eigenvalue weighted by molar-refractivity contribution is 5.07. The molecule has 0 bridgehead atoms. The van der Waals surface area contributed by atoms with E-state index in [1.807, 2.05) is 6.92 Å². The highest BCUT2D eigenvalue weighted by Gasteiger charge is 2.33. The molecule has 2 atom stereocenters. The largest absolute Gasteiger partial charge is 0.380 e. The second-order valence-corrected chi connectivity index (χ2v) is 5.91. The normalized spacial score (nSPS) is 28.6. The zero-order valence-electron chi connectivity index (χ0n) is 11.6. The van der Waals surface area contributed by atoms with Crippen molar-refractivity contribution in [2.45, 2.75) is 56.7 Å². The molecule has 0 aromatic carbocycles. The van der Waals surface area contributed by atoms with E-state index < -0.39 is 0 Å². The van der Waals surface area contributed by atoms with E-state index in [-0.39, 0.29) is 5.54 Å². The van der Waals surface area contributed by atoms with Crippen molar-refractivity contribution in [1.82, 2.24) is 10.2 Å². The molecule has 0 radical (unpaired) electrons. The molecule has 2 rings (SSSR count). The minimum atomic E-state index is -0.360. The standard InChI is InChI=1S/C14H25N3O/c1-14(11-15,16-12-5-6-12)7-9-17-8-3-4-13(10-17)18-2/h12-13,16H,3-10H2,1-2H3. The van der Waals surface area contributed by atoms with Crippen LogP contribution in [-0.2, 0) is 4.74 Å². The third-order valence-corrected chi connectivity index (χ3v) is 4.07. The van der Waals surface area contributed by atoms with Crippen molar-refractivity contribution in [2.75, 3.05) is 26.7 Å². The number of hydrogen-bond donors (Lipinski definition) is 1. The second kappa shape index (κ2) is 6.01. The lowest BCUT2D eigenvalue weighted by Crippen LogP contribution is -2.47. The van der Waals surface area contributed by atoms with Gasteiger partial charge < -0.3 is 9.64 Å². The predicted octanol–water partition coefficient (Wildman–Crippen LogP) is 1.52. The summed E-state index contributed by atoms with van der Waals surface area (Å²) in [5.41, 5.74) is -0.360. The summed E-state index contributed by atoms with van der Waals surface area (Å²) in [4.78, 5) is 2.43. The van der Waals surface area contributed by atoms with Crippen LogP contribution in [0.3, 0.4) is 0 Å². The van der Waals surface area contributed by atoms with E-state index in [9.17, 15) is 5.26 Å². The zero-order valence-corrected chi connectivity index (χ0v) is 11.6. The van der Waals surface area contributed by atoms with E-state index in [1.54, 1.807) is 7.11 Å². The summed E-state index contributed by atoms with van der Waals surface area (Å²) < 4.78 is 5.43. The van der Waals surface area contributed by atoms with E-state index in [2.05, 4.69) is 16.3 Å². The first-order valence-corrected chi connectivity index (χ1v) is 7.09. The van der Waals surface area contributed by atoms with Crippen LogP contribution < -0.4 is 5.32 Å². The number of hydrogen-bond acceptors (Lipinski definition) is 4. The van der Waals surface area contributed by atoms with E-state index in [1.165, 1.54) is 25.7 Å². The molecule has 0 aromatic heterocycles. The Morgan fingerprint density at radius 2 is 2.22 bits per heavy atom. The van der Waals surface area contributed by atoms with Gasteiger partial charge in [0, 0.05) is 26.2 Å². The summed E-state index contributed by atoms with van der Waals surface area (Å²) in [6, 6.07) is 3.03. The smallest absolute Gasteiger partial charge is 0.105 e. The molecule has 2 aliphatic rings. The van der Waals surface area contributed by atoms with Crippen LogP contribution in [0.1, 0.15) is 39.0 Å². The van der Waals surface area contributed by atoms with E-state index in [0.29, 0.717) is 12.1 Å². The minimum absolute atomic E-state index is 0.360. The average molecular weight is 251 g/mol. The van der Waals surface area contributed by atoms with Crippen molar-refractivity contribution >= 4 is 0 Å². The third kappa shape index (κ3) is 3.94. The minimum Gasteiger partial charge on any atom is -0.380 e. The summed E-state index contributed by atoms with van der Waals surface area (Å²) in [7, 11) is 1.79. The Labute approximate surface area is 110 Å². The molecule has 1 aliphatic carbocycles. The van der Waals surface area contributed by atoms with Crippen LogP contribution in [0, 0.1) is 11.3 Å². The van der Waals surface area contributed by atoms with Crippen molar-refractivity contribution in [1.29, 1.82) is 5.26 Å². The molecular weight excluding hydrogens is 226 g/mol. The van der Waals surface area contributed by atoms with Gasteiger partial charge in [-0.25, -0.2) is 0 Å². The van der Waals surface area contributed by atoms with Crippen LogP contribution >= 0.6 is 0 Å². The Balaban J connectivity index is 1.76. The fraction of sp³-hybridized carbons (Fsp3) is 0.929. The summed E-state index contributed by atoms with van der Waals surface area (Å²) in [6.45, 7) is 5.18. The van der Waals surface area contributed by atoms with Crippen LogP contribution in [-0.4, -0.2) is 49.3 Å². The molecule has 2 unspecified atom stereocenters. The first kappa shape index (κ1) is 13.8. The molecule has 1 saturated carbocycles.